The third kappa shape index (κ3) is 2.07. The Hall–Kier alpha value is -2.02. The lowest BCUT2D eigenvalue weighted by Crippen LogP contribution is -2.28. The Morgan fingerprint density at radius 3 is 3.00 bits per heavy atom. The molecule has 0 N–H and O–H groups in total. The molecule has 0 spiro atoms. The lowest BCUT2D eigenvalue weighted by atomic mass is 9.89. The van der Waals surface area contributed by atoms with Gasteiger partial charge in [-0.2, -0.15) is 0 Å². The average molecular weight is 341 g/mol. The highest BCUT2D eigenvalue weighted by molar-refractivity contribution is 7.19. The summed E-state index contributed by atoms with van der Waals surface area (Å²) in [6.07, 6.45) is 7.26. The third-order valence-corrected chi connectivity index (χ3v) is 6.41. The van der Waals surface area contributed by atoms with E-state index in [9.17, 15) is 4.79 Å². The van der Waals surface area contributed by atoms with Gasteiger partial charge in [0.2, 0.25) is 5.82 Å². The zero-order valence-electron chi connectivity index (χ0n) is 13.7. The van der Waals surface area contributed by atoms with E-state index in [0.29, 0.717) is 11.7 Å². The standard InChI is InChI=1S/C17H19N5OS/c1-10-4-5-12-11(8-10)13-15-19-14(17(23)21-6-2-3-7-21)20-22(15)9-18-16(13)24-12/h9-10H,2-8H2,1H3/t10-/m0/s1. The molecule has 0 saturated carbocycles. The summed E-state index contributed by atoms with van der Waals surface area (Å²) in [6.45, 7) is 3.92. The third-order valence-electron chi connectivity index (χ3n) is 5.21. The molecule has 1 aliphatic heterocycles. The molecule has 0 bridgehead atoms. The first-order valence-corrected chi connectivity index (χ1v) is 9.47. The number of nitrogens with zero attached hydrogens (tertiary/aromatic N) is 5. The fourth-order valence-electron chi connectivity index (χ4n) is 3.90. The molecule has 1 fully saturated rings. The monoisotopic (exact) mass is 341 g/mol. The second-order valence-electron chi connectivity index (χ2n) is 6.98. The van der Waals surface area contributed by atoms with Gasteiger partial charge in [0.1, 0.15) is 11.2 Å². The zero-order valence-corrected chi connectivity index (χ0v) is 14.5. The molecule has 7 heteroatoms. The van der Waals surface area contributed by atoms with Gasteiger partial charge in [-0.3, -0.25) is 4.79 Å². The number of hydrogen-bond donors (Lipinski definition) is 0. The summed E-state index contributed by atoms with van der Waals surface area (Å²) < 4.78 is 1.68. The van der Waals surface area contributed by atoms with Crippen LogP contribution < -0.4 is 0 Å². The molecule has 4 heterocycles. The van der Waals surface area contributed by atoms with E-state index in [-0.39, 0.29) is 5.91 Å². The molecule has 1 atom stereocenters. The maximum Gasteiger partial charge on any atom is 0.293 e. The van der Waals surface area contributed by atoms with E-state index in [4.69, 9.17) is 0 Å². The van der Waals surface area contributed by atoms with Crippen molar-refractivity contribution in [3.63, 3.8) is 0 Å². The Balaban J connectivity index is 1.67. The van der Waals surface area contributed by atoms with Gasteiger partial charge in [0.25, 0.3) is 5.91 Å². The quantitative estimate of drug-likeness (QED) is 0.683. The minimum atomic E-state index is -0.0539. The summed E-state index contributed by atoms with van der Waals surface area (Å²) in [5.74, 6) is 0.931. The largest absolute Gasteiger partial charge is 0.336 e. The highest BCUT2D eigenvalue weighted by atomic mass is 32.1. The van der Waals surface area contributed by atoms with Crippen LogP contribution in [0.15, 0.2) is 6.33 Å². The van der Waals surface area contributed by atoms with Crippen molar-refractivity contribution in [1.82, 2.24) is 24.5 Å². The maximum absolute atomic E-state index is 12.6. The molecule has 1 amide bonds. The number of likely N-dealkylation sites (tertiary alicyclic amines) is 1. The van der Waals surface area contributed by atoms with Gasteiger partial charge >= 0.3 is 0 Å². The fraction of sp³-hybridized carbons (Fsp3) is 0.529. The van der Waals surface area contributed by atoms with Crippen LogP contribution in [0.1, 0.15) is 47.2 Å². The number of fused-ring (bicyclic) bond motifs is 5. The predicted molar refractivity (Wildman–Crippen MR) is 92.5 cm³/mol. The Bertz CT molecular complexity index is 953. The van der Waals surface area contributed by atoms with Gasteiger partial charge in [-0.1, -0.05) is 6.92 Å². The minimum Gasteiger partial charge on any atom is -0.336 e. The van der Waals surface area contributed by atoms with Gasteiger partial charge in [-0.25, -0.2) is 14.5 Å². The topological polar surface area (TPSA) is 63.4 Å². The summed E-state index contributed by atoms with van der Waals surface area (Å²) >= 11 is 1.77. The number of amides is 1. The summed E-state index contributed by atoms with van der Waals surface area (Å²) in [6, 6.07) is 0. The molecule has 24 heavy (non-hydrogen) atoms. The van der Waals surface area contributed by atoms with E-state index < -0.39 is 0 Å². The number of carbonyl (C=O) groups is 1. The highest BCUT2D eigenvalue weighted by Crippen LogP contribution is 2.38. The number of aryl methyl sites for hydroxylation is 1. The number of hydrogen-bond acceptors (Lipinski definition) is 5. The lowest BCUT2D eigenvalue weighted by molar-refractivity contribution is 0.0781. The SMILES string of the molecule is C[C@H]1CCc2sc3ncn4nc(C(=O)N5CCCC5)nc4c3c2C1. The smallest absolute Gasteiger partial charge is 0.293 e. The van der Waals surface area contributed by atoms with Crippen molar-refractivity contribution >= 4 is 33.1 Å². The van der Waals surface area contributed by atoms with Gasteiger partial charge in [0, 0.05) is 18.0 Å². The maximum atomic E-state index is 12.6. The van der Waals surface area contributed by atoms with E-state index in [1.54, 1.807) is 22.2 Å². The van der Waals surface area contributed by atoms with Gasteiger partial charge < -0.3 is 4.90 Å². The van der Waals surface area contributed by atoms with Gasteiger partial charge in [0.05, 0.1) is 5.39 Å². The highest BCUT2D eigenvalue weighted by Gasteiger charge is 2.26. The molecule has 124 valence electrons. The van der Waals surface area contributed by atoms with E-state index in [0.717, 1.165) is 54.6 Å². The molecule has 2 aliphatic rings. The summed E-state index contributed by atoms with van der Waals surface area (Å²) in [5, 5.41) is 5.52. The van der Waals surface area contributed by atoms with Crippen molar-refractivity contribution in [2.75, 3.05) is 13.1 Å². The molecule has 1 aliphatic carbocycles. The molecule has 3 aromatic heterocycles. The molecule has 0 aromatic carbocycles. The van der Waals surface area contributed by atoms with Crippen LogP contribution in [-0.2, 0) is 12.8 Å². The molecule has 1 saturated heterocycles. The van der Waals surface area contributed by atoms with Crippen LogP contribution >= 0.6 is 11.3 Å². The van der Waals surface area contributed by atoms with Gasteiger partial charge in [0.15, 0.2) is 5.65 Å². The molecular weight excluding hydrogens is 322 g/mol. The van der Waals surface area contributed by atoms with Crippen molar-refractivity contribution in [2.24, 2.45) is 5.92 Å². The Labute approximate surface area is 143 Å². The number of rotatable bonds is 1. The number of aromatic nitrogens is 4. The summed E-state index contributed by atoms with van der Waals surface area (Å²) in [7, 11) is 0. The van der Waals surface area contributed by atoms with Crippen molar-refractivity contribution in [1.29, 1.82) is 0 Å². The first-order chi connectivity index (χ1) is 11.7. The Kier molecular flexibility index (Phi) is 3.13. The molecule has 3 aromatic rings. The van der Waals surface area contributed by atoms with Crippen molar-refractivity contribution < 1.29 is 4.79 Å². The fourth-order valence-corrected chi connectivity index (χ4v) is 5.08. The van der Waals surface area contributed by atoms with Gasteiger partial charge in [-0.05, 0) is 43.6 Å². The number of thiophene rings is 1. The second kappa shape index (κ2) is 5.24. The lowest BCUT2D eigenvalue weighted by Gasteiger charge is -2.17. The summed E-state index contributed by atoms with van der Waals surface area (Å²) in [5.41, 5.74) is 2.16. The van der Waals surface area contributed by atoms with Crippen molar-refractivity contribution in [2.45, 2.75) is 39.0 Å². The summed E-state index contributed by atoms with van der Waals surface area (Å²) in [4.78, 5) is 26.1. The Morgan fingerprint density at radius 1 is 1.33 bits per heavy atom. The van der Waals surface area contributed by atoms with Crippen molar-refractivity contribution in [3.8, 4) is 0 Å². The molecule has 0 unspecified atom stereocenters. The molecule has 0 radical (unpaired) electrons. The molecular formula is C17H19N5OS. The van der Waals surface area contributed by atoms with Crippen LogP contribution in [0.4, 0.5) is 0 Å². The van der Waals surface area contributed by atoms with Crippen molar-refractivity contribution in [3.05, 3.63) is 22.6 Å². The van der Waals surface area contributed by atoms with Crippen LogP contribution in [-0.4, -0.2) is 43.5 Å². The van der Waals surface area contributed by atoms with E-state index in [2.05, 4.69) is 22.0 Å². The zero-order chi connectivity index (χ0) is 16.3. The Morgan fingerprint density at radius 2 is 2.17 bits per heavy atom. The minimum absolute atomic E-state index is 0.0539. The molecule has 6 nitrogen and oxygen atoms in total. The number of carbonyl (C=O) groups excluding carboxylic acids is 1. The average Bonchev–Trinajstić information content (AvgIpc) is 3.30. The normalized spacial score (nSPS) is 20.9. The predicted octanol–water partition coefficient (Wildman–Crippen LogP) is 2.70. The van der Waals surface area contributed by atoms with Crippen LogP contribution in [0.2, 0.25) is 0 Å². The first kappa shape index (κ1) is 14.3. The van der Waals surface area contributed by atoms with Crippen LogP contribution in [0.3, 0.4) is 0 Å². The van der Waals surface area contributed by atoms with Crippen LogP contribution in [0.25, 0.3) is 15.9 Å². The van der Waals surface area contributed by atoms with Gasteiger partial charge in [-0.15, -0.1) is 16.4 Å². The van der Waals surface area contributed by atoms with Crippen LogP contribution in [0.5, 0.6) is 0 Å². The molecule has 5 rings (SSSR count). The van der Waals surface area contributed by atoms with Crippen LogP contribution in [0, 0.1) is 5.92 Å². The van der Waals surface area contributed by atoms with E-state index in [1.165, 1.54) is 16.9 Å². The second-order valence-corrected chi connectivity index (χ2v) is 8.06. The first-order valence-electron chi connectivity index (χ1n) is 8.65. The van der Waals surface area contributed by atoms with E-state index >= 15 is 0 Å². The van der Waals surface area contributed by atoms with E-state index in [1.807, 2.05) is 4.90 Å².